The van der Waals surface area contributed by atoms with Crippen molar-refractivity contribution in [3.8, 4) is 5.75 Å². The van der Waals surface area contributed by atoms with Crippen LogP contribution in [0.5, 0.6) is 5.75 Å². The molecule has 0 bridgehead atoms. The second-order valence-electron chi connectivity index (χ2n) is 10.7. The van der Waals surface area contributed by atoms with Gasteiger partial charge in [-0.3, -0.25) is 4.79 Å². The predicted octanol–water partition coefficient (Wildman–Crippen LogP) is 5.72. The van der Waals surface area contributed by atoms with Gasteiger partial charge in [-0.2, -0.15) is 15.0 Å². The highest BCUT2D eigenvalue weighted by Crippen LogP contribution is 2.26. The number of hydrogen-bond acceptors (Lipinski definition) is 8. The lowest BCUT2D eigenvalue weighted by molar-refractivity contribution is -0.141. The Morgan fingerprint density at radius 2 is 1.77 bits per heavy atom. The van der Waals surface area contributed by atoms with Crippen LogP contribution in [-0.2, 0) is 11.2 Å². The van der Waals surface area contributed by atoms with E-state index in [4.69, 9.17) is 19.7 Å². The summed E-state index contributed by atoms with van der Waals surface area (Å²) in [6.45, 7) is 9.15. The topological polar surface area (TPSA) is 104 Å². The zero-order valence-corrected chi connectivity index (χ0v) is 24.1. The molecular formula is C31H42N6O3. The Kier molecular flexibility index (Phi) is 10.2. The molecule has 0 amide bonds. The summed E-state index contributed by atoms with van der Waals surface area (Å²) in [6.07, 6.45) is 4.64. The summed E-state index contributed by atoms with van der Waals surface area (Å²) >= 11 is 0. The van der Waals surface area contributed by atoms with Crippen molar-refractivity contribution in [2.24, 2.45) is 11.8 Å². The van der Waals surface area contributed by atoms with Crippen LogP contribution in [-0.4, -0.2) is 59.3 Å². The Morgan fingerprint density at radius 1 is 1.07 bits per heavy atom. The summed E-state index contributed by atoms with van der Waals surface area (Å²) in [7, 11) is 1.96. The molecule has 2 heterocycles. The number of benzene rings is 2. The minimum atomic E-state index is -0.755. The quantitative estimate of drug-likeness (QED) is 0.279. The van der Waals surface area contributed by atoms with E-state index in [0.29, 0.717) is 43.8 Å². The Labute approximate surface area is 237 Å². The fraction of sp³-hybridized carbons (Fsp3) is 0.484. The number of nitrogens with zero attached hydrogens (tertiary/aromatic N) is 5. The molecule has 1 atom stereocenters. The van der Waals surface area contributed by atoms with Gasteiger partial charge in [-0.05, 0) is 68.4 Å². The van der Waals surface area contributed by atoms with Gasteiger partial charge >= 0.3 is 5.97 Å². The van der Waals surface area contributed by atoms with Gasteiger partial charge in [0.15, 0.2) is 0 Å². The first kappa shape index (κ1) is 29.1. The molecule has 9 heteroatoms. The van der Waals surface area contributed by atoms with Crippen molar-refractivity contribution >= 4 is 29.5 Å². The molecule has 9 nitrogen and oxygen atoms in total. The number of nitrogens with one attached hydrogen (secondary N) is 1. The molecule has 0 radical (unpaired) electrons. The standard InChI is InChI=1S/C31H42N6O3/c1-5-23-15-17-37(18-16-23)31-34-29(32-26-11-7-22(3)8-12-26)33-30(35-31)36(4)19-20-40-27-13-9-24(10-14-27)21-25(6-2)28(38)39/h7-14,23,25H,5-6,15-21H2,1-4H3,(H,38,39)(H,32,33,34,35). The van der Waals surface area contributed by atoms with E-state index in [0.717, 1.165) is 48.8 Å². The van der Waals surface area contributed by atoms with Crippen LogP contribution >= 0.6 is 0 Å². The smallest absolute Gasteiger partial charge is 0.306 e. The summed E-state index contributed by atoms with van der Waals surface area (Å²) < 4.78 is 5.98. The van der Waals surface area contributed by atoms with Crippen LogP contribution in [0.3, 0.4) is 0 Å². The predicted molar refractivity (Wildman–Crippen MR) is 160 cm³/mol. The molecule has 40 heavy (non-hydrogen) atoms. The van der Waals surface area contributed by atoms with Gasteiger partial charge in [0.05, 0.1) is 12.5 Å². The number of likely N-dealkylation sites (N-methyl/N-ethyl adjacent to an activating group) is 1. The number of ether oxygens (including phenoxy) is 1. The van der Waals surface area contributed by atoms with Crippen molar-refractivity contribution in [2.75, 3.05) is 48.4 Å². The van der Waals surface area contributed by atoms with Crippen LogP contribution in [0.1, 0.15) is 50.7 Å². The summed E-state index contributed by atoms with van der Waals surface area (Å²) in [4.78, 5) is 29.9. The largest absolute Gasteiger partial charge is 0.492 e. The minimum Gasteiger partial charge on any atom is -0.492 e. The maximum atomic E-state index is 11.3. The zero-order valence-electron chi connectivity index (χ0n) is 24.1. The molecule has 2 N–H and O–H groups in total. The van der Waals surface area contributed by atoms with E-state index in [1.807, 2.05) is 55.3 Å². The zero-order chi connectivity index (χ0) is 28.5. The van der Waals surface area contributed by atoms with E-state index in [1.54, 1.807) is 0 Å². The molecule has 1 aliphatic rings. The van der Waals surface area contributed by atoms with Crippen LogP contribution in [0, 0.1) is 18.8 Å². The van der Waals surface area contributed by atoms with E-state index >= 15 is 0 Å². The highest BCUT2D eigenvalue weighted by molar-refractivity contribution is 5.70. The van der Waals surface area contributed by atoms with E-state index in [-0.39, 0.29) is 5.92 Å². The number of carbonyl (C=O) groups is 1. The Balaban J connectivity index is 1.41. The Bertz CT molecular complexity index is 1230. The number of anilines is 4. The first-order valence-corrected chi connectivity index (χ1v) is 14.3. The third kappa shape index (κ3) is 8.07. The maximum Gasteiger partial charge on any atom is 0.306 e. The first-order valence-electron chi connectivity index (χ1n) is 14.3. The lowest BCUT2D eigenvalue weighted by Gasteiger charge is -2.32. The summed E-state index contributed by atoms with van der Waals surface area (Å²) in [5.74, 6) is 2.21. The van der Waals surface area contributed by atoms with Gasteiger partial charge in [0, 0.05) is 25.8 Å². The van der Waals surface area contributed by atoms with Crippen LogP contribution in [0.2, 0.25) is 0 Å². The van der Waals surface area contributed by atoms with Crippen LogP contribution in [0.4, 0.5) is 23.5 Å². The molecule has 3 aromatic rings. The van der Waals surface area contributed by atoms with E-state index in [9.17, 15) is 9.90 Å². The Morgan fingerprint density at radius 3 is 2.40 bits per heavy atom. The molecule has 214 valence electrons. The van der Waals surface area contributed by atoms with Gasteiger partial charge in [0.1, 0.15) is 12.4 Å². The van der Waals surface area contributed by atoms with Crippen molar-refractivity contribution in [1.29, 1.82) is 0 Å². The molecule has 2 aromatic carbocycles. The summed E-state index contributed by atoms with van der Waals surface area (Å²) in [5.41, 5.74) is 3.12. The molecule has 0 saturated carbocycles. The van der Waals surface area contributed by atoms with Crippen LogP contribution in [0.15, 0.2) is 48.5 Å². The molecule has 1 aromatic heterocycles. The SMILES string of the molecule is CCC1CCN(c2nc(Nc3ccc(C)cc3)nc(N(C)CCOc3ccc(CC(CC)C(=O)O)cc3)n2)CC1. The number of carboxylic acid groups (broad SMARTS) is 1. The second kappa shape index (κ2) is 14.0. The van der Waals surface area contributed by atoms with E-state index in [1.165, 1.54) is 12.0 Å². The van der Waals surface area contributed by atoms with E-state index < -0.39 is 5.97 Å². The molecule has 1 unspecified atom stereocenters. The average Bonchev–Trinajstić information content (AvgIpc) is 2.97. The van der Waals surface area contributed by atoms with Crippen molar-refractivity contribution in [1.82, 2.24) is 15.0 Å². The van der Waals surface area contributed by atoms with Gasteiger partial charge in [-0.25, -0.2) is 0 Å². The van der Waals surface area contributed by atoms with Gasteiger partial charge in [0.25, 0.3) is 0 Å². The maximum absolute atomic E-state index is 11.3. The third-order valence-corrected chi connectivity index (χ3v) is 7.68. The van der Waals surface area contributed by atoms with Gasteiger partial charge < -0.3 is 25.0 Å². The van der Waals surface area contributed by atoms with E-state index in [2.05, 4.69) is 36.2 Å². The molecule has 1 aliphatic heterocycles. The number of hydrogen-bond donors (Lipinski definition) is 2. The molecule has 4 rings (SSSR count). The lowest BCUT2D eigenvalue weighted by Crippen LogP contribution is -2.35. The highest BCUT2D eigenvalue weighted by atomic mass is 16.5. The number of piperidine rings is 1. The Hall–Kier alpha value is -3.88. The van der Waals surface area contributed by atoms with Crippen molar-refractivity contribution in [3.05, 3.63) is 59.7 Å². The van der Waals surface area contributed by atoms with Crippen LogP contribution in [0.25, 0.3) is 0 Å². The van der Waals surface area contributed by atoms with Gasteiger partial charge in [-0.1, -0.05) is 50.1 Å². The number of rotatable bonds is 13. The van der Waals surface area contributed by atoms with Gasteiger partial charge in [-0.15, -0.1) is 0 Å². The first-order chi connectivity index (χ1) is 19.3. The number of aromatic nitrogens is 3. The second-order valence-corrected chi connectivity index (χ2v) is 10.7. The minimum absolute atomic E-state index is 0.367. The van der Waals surface area contributed by atoms with Gasteiger partial charge in [0.2, 0.25) is 17.8 Å². The normalized spacial score (nSPS) is 14.6. The average molecular weight is 547 g/mol. The van der Waals surface area contributed by atoms with Crippen molar-refractivity contribution < 1.29 is 14.6 Å². The number of aryl methyl sites for hydroxylation is 1. The monoisotopic (exact) mass is 546 g/mol. The molecular weight excluding hydrogens is 504 g/mol. The van der Waals surface area contributed by atoms with Crippen LogP contribution < -0.4 is 19.9 Å². The molecule has 0 aliphatic carbocycles. The fourth-order valence-electron chi connectivity index (χ4n) is 4.84. The highest BCUT2D eigenvalue weighted by Gasteiger charge is 2.22. The van der Waals surface area contributed by atoms with Crippen molar-refractivity contribution in [2.45, 2.75) is 52.9 Å². The van der Waals surface area contributed by atoms with Crippen molar-refractivity contribution in [3.63, 3.8) is 0 Å². The summed E-state index contributed by atoms with van der Waals surface area (Å²) in [5, 5.41) is 12.7. The molecule has 0 spiro atoms. The third-order valence-electron chi connectivity index (χ3n) is 7.68. The fourth-order valence-corrected chi connectivity index (χ4v) is 4.84. The molecule has 1 fully saturated rings. The molecule has 1 saturated heterocycles. The number of carboxylic acids is 1. The lowest BCUT2D eigenvalue weighted by atomic mass is 9.95. The number of aliphatic carboxylic acids is 1. The summed E-state index contributed by atoms with van der Waals surface area (Å²) in [6, 6.07) is 15.8.